The van der Waals surface area contributed by atoms with Gasteiger partial charge in [0.05, 0.1) is 13.9 Å². The predicted molar refractivity (Wildman–Crippen MR) is 86.7 cm³/mol. The van der Waals surface area contributed by atoms with Crippen molar-refractivity contribution in [3.8, 4) is 0 Å². The Bertz CT molecular complexity index is 172. The summed E-state index contributed by atoms with van der Waals surface area (Å²) in [7, 11) is -0.160. The van der Waals surface area contributed by atoms with Gasteiger partial charge in [-0.2, -0.15) is 25.3 Å². The number of hydrogen-bond donors (Lipinski definition) is 2. The summed E-state index contributed by atoms with van der Waals surface area (Å²) in [5.74, 6) is 0. The number of fused-ring (bicyclic) bond motifs is 1. The summed E-state index contributed by atoms with van der Waals surface area (Å²) >= 11 is 12.5. The molecule has 0 radical (unpaired) electrons. The molecule has 0 N–H and O–H groups in total. The molecule has 2 heterocycles. The van der Waals surface area contributed by atoms with Gasteiger partial charge in [-0.05, 0) is 13.6 Å². The quantitative estimate of drug-likeness (QED) is 0.566. The van der Waals surface area contributed by atoms with Gasteiger partial charge in [0.2, 0.25) is 0 Å². The van der Waals surface area contributed by atoms with Crippen LogP contribution in [0.25, 0.3) is 0 Å². The summed E-state index contributed by atoms with van der Waals surface area (Å²) in [6.07, 6.45) is 0. The SMILES string of the molecule is CC12SC[P+]1(C)CS2.CP(CS)CS. The third-order valence-electron chi connectivity index (χ3n) is 2.70. The summed E-state index contributed by atoms with van der Waals surface area (Å²) < 4.78 is 0.743. The summed E-state index contributed by atoms with van der Waals surface area (Å²) in [5.41, 5.74) is 5.05. The first-order valence-corrected chi connectivity index (χ1v) is 12.5. The average molecular weight is 305 g/mol. The molecule has 0 aromatic heterocycles. The van der Waals surface area contributed by atoms with Crippen LogP contribution in [0.1, 0.15) is 6.92 Å². The molecule has 0 amide bonds. The van der Waals surface area contributed by atoms with Crippen LogP contribution in [0, 0.1) is 0 Å². The maximum absolute atomic E-state index is 4.08. The van der Waals surface area contributed by atoms with E-state index in [2.05, 4.69) is 69.0 Å². The van der Waals surface area contributed by atoms with Crippen molar-refractivity contribution in [1.82, 2.24) is 0 Å². The molecule has 0 spiro atoms. The van der Waals surface area contributed by atoms with Gasteiger partial charge in [0.1, 0.15) is 11.0 Å². The Morgan fingerprint density at radius 3 is 1.64 bits per heavy atom. The molecule has 0 unspecified atom stereocenters. The highest BCUT2D eigenvalue weighted by Gasteiger charge is 2.70. The van der Waals surface area contributed by atoms with Crippen LogP contribution in [0.3, 0.4) is 0 Å². The molecule has 2 aliphatic rings. The van der Waals surface area contributed by atoms with Crippen molar-refractivity contribution in [3.63, 3.8) is 0 Å². The second-order valence-corrected chi connectivity index (χ2v) is 16.8. The second kappa shape index (κ2) is 5.74. The zero-order chi connectivity index (χ0) is 10.8. The predicted octanol–water partition coefficient (Wildman–Crippen LogP) is 4.59. The highest BCUT2D eigenvalue weighted by molar-refractivity contribution is 8.44. The standard InChI is InChI=1S/C5H10PS2.C3H9PS2/c1-5-6(2,3-7-5)4-8-5;1-4(2-5)3-6/h3-4H2,1-2H3;5-6H,2-3H2,1H3/q+1;. The molecular formula is C8H19P2S4+. The Morgan fingerprint density at radius 2 is 1.64 bits per heavy atom. The molecule has 14 heavy (non-hydrogen) atoms. The molecule has 0 aromatic carbocycles. The summed E-state index contributed by atoms with van der Waals surface area (Å²) in [6.45, 7) is 7.12. The molecule has 2 rings (SSSR count). The summed E-state index contributed by atoms with van der Waals surface area (Å²) in [6, 6.07) is 0. The number of thiol groups is 2. The van der Waals surface area contributed by atoms with Crippen LogP contribution < -0.4 is 0 Å². The van der Waals surface area contributed by atoms with Crippen LogP contribution in [0.2, 0.25) is 0 Å². The van der Waals surface area contributed by atoms with Gasteiger partial charge in [0.15, 0.2) is 3.82 Å². The normalized spacial score (nSPS) is 39.0. The van der Waals surface area contributed by atoms with Crippen LogP contribution >= 0.6 is 64.0 Å². The van der Waals surface area contributed by atoms with Gasteiger partial charge in [-0.3, -0.25) is 0 Å². The van der Waals surface area contributed by atoms with Gasteiger partial charge in [0, 0.05) is 11.0 Å². The Balaban J connectivity index is 0.000000149. The Hall–Kier alpha value is 2.26. The van der Waals surface area contributed by atoms with Crippen molar-refractivity contribution in [2.45, 2.75) is 10.7 Å². The third kappa shape index (κ3) is 2.93. The molecule has 0 aromatic rings. The van der Waals surface area contributed by atoms with Crippen LogP contribution in [-0.4, -0.2) is 39.1 Å². The first-order chi connectivity index (χ1) is 6.47. The van der Waals surface area contributed by atoms with Crippen molar-refractivity contribution in [1.29, 1.82) is 0 Å². The molecule has 2 fully saturated rings. The first-order valence-electron chi connectivity index (χ1n) is 4.50. The fourth-order valence-electron chi connectivity index (χ4n) is 1.06. The van der Waals surface area contributed by atoms with Gasteiger partial charge in [-0.25, -0.2) is 0 Å². The zero-order valence-corrected chi connectivity index (χ0v) is 14.1. The van der Waals surface area contributed by atoms with Gasteiger partial charge in [-0.15, -0.1) is 0 Å². The second-order valence-electron chi connectivity index (χ2n) is 3.98. The largest absolute Gasteiger partial charge is 0.175 e. The van der Waals surface area contributed by atoms with Gasteiger partial charge < -0.3 is 0 Å². The minimum atomic E-state index is -0.312. The van der Waals surface area contributed by atoms with E-state index in [4.69, 9.17) is 0 Å². The fraction of sp³-hybridized carbons (Fsp3) is 1.00. The smallest absolute Gasteiger partial charge is 0.174 e. The molecule has 2 aliphatic heterocycles. The average Bonchev–Trinajstić information content (AvgIpc) is 2.24. The maximum Gasteiger partial charge on any atom is 0.174 e. The van der Waals surface area contributed by atoms with Gasteiger partial charge in [0.25, 0.3) is 0 Å². The van der Waals surface area contributed by atoms with E-state index in [9.17, 15) is 0 Å². The van der Waals surface area contributed by atoms with Crippen LogP contribution in [0.15, 0.2) is 0 Å². The van der Waals surface area contributed by atoms with Crippen molar-refractivity contribution >= 4 is 64.0 Å². The lowest BCUT2D eigenvalue weighted by Gasteiger charge is -2.55. The number of thioether (sulfide) groups is 2. The molecule has 0 nitrogen and oxygen atoms in total. The van der Waals surface area contributed by atoms with E-state index < -0.39 is 0 Å². The molecule has 84 valence electrons. The van der Waals surface area contributed by atoms with Crippen molar-refractivity contribution < 1.29 is 0 Å². The van der Waals surface area contributed by atoms with Gasteiger partial charge in [-0.1, -0.05) is 31.4 Å². The monoisotopic (exact) mass is 305 g/mol. The molecule has 0 aliphatic carbocycles. The lowest BCUT2D eigenvalue weighted by atomic mass is 10.9. The molecule has 0 saturated carbocycles. The van der Waals surface area contributed by atoms with Crippen molar-refractivity contribution in [2.24, 2.45) is 0 Å². The molecule has 0 bridgehead atoms. The van der Waals surface area contributed by atoms with E-state index >= 15 is 0 Å². The first kappa shape index (κ1) is 14.3. The number of hydrogen-bond acceptors (Lipinski definition) is 4. The molecule has 2 saturated heterocycles. The zero-order valence-electron chi connectivity index (χ0n) is 8.93. The molecular weight excluding hydrogens is 286 g/mol. The van der Waals surface area contributed by atoms with Crippen LogP contribution in [0.4, 0.5) is 0 Å². The van der Waals surface area contributed by atoms with E-state index in [0.717, 1.165) is 14.8 Å². The molecule has 6 heteroatoms. The van der Waals surface area contributed by atoms with Crippen LogP contribution in [-0.2, 0) is 0 Å². The lowest BCUT2D eigenvalue weighted by molar-refractivity contribution is 1.20. The van der Waals surface area contributed by atoms with E-state index in [-0.39, 0.29) is 15.2 Å². The van der Waals surface area contributed by atoms with Crippen LogP contribution in [0.5, 0.6) is 0 Å². The summed E-state index contributed by atoms with van der Waals surface area (Å²) in [4.78, 5) is 0. The van der Waals surface area contributed by atoms with E-state index in [0.29, 0.717) is 0 Å². The Kier molecular flexibility index (Phi) is 5.87. The van der Waals surface area contributed by atoms with E-state index in [1.165, 1.54) is 11.0 Å². The van der Waals surface area contributed by atoms with E-state index in [1.807, 2.05) is 0 Å². The highest BCUT2D eigenvalue weighted by atomic mass is 32.2. The van der Waals surface area contributed by atoms with Gasteiger partial charge >= 0.3 is 0 Å². The minimum absolute atomic E-state index is 0.152. The Morgan fingerprint density at radius 1 is 1.29 bits per heavy atom. The third-order valence-corrected chi connectivity index (χ3v) is 19.3. The maximum atomic E-state index is 4.08. The topological polar surface area (TPSA) is 0 Å². The lowest BCUT2D eigenvalue weighted by Crippen LogP contribution is -2.41. The summed E-state index contributed by atoms with van der Waals surface area (Å²) in [5, 5.41) is 0. The van der Waals surface area contributed by atoms with E-state index in [1.54, 1.807) is 0 Å². The van der Waals surface area contributed by atoms with Crippen molar-refractivity contribution in [2.75, 3.05) is 35.3 Å². The highest BCUT2D eigenvalue weighted by Crippen LogP contribution is 2.93. The fourth-order valence-corrected chi connectivity index (χ4v) is 12.9. The van der Waals surface area contributed by atoms with Crippen molar-refractivity contribution in [3.05, 3.63) is 0 Å². The Labute approximate surface area is 109 Å². The minimum Gasteiger partial charge on any atom is -0.175 e. The number of rotatable bonds is 2. The molecule has 0 atom stereocenters.